The summed E-state index contributed by atoms with van der Waals surface area (Å²) in [5.74, 6) is -0.517. The van der Waals surface area contributed by atoms with Crippen molar-refractivity contribution in [2.75, 3.05) is 26.9 Å². The van der Waals surface area contributed by atoms with Crippen molar-refractivity contribution in [2.45, 2.75) is 19.6 Å². The lowest BCUT2D eigenvalue weighted by Crippen LogP contribution is -2.24. The molecule has 77 valence electrons. The molecule has 0 aliphatic carbocycles. The van der Waals surface area contributed by atoms with Crippen molar-refractivity contribution in [1.29, 1.82) is 0 Å². The van der Waals surface area contributed by atoms with Crippen molar-refractivity contribution in [2.24, 2.45) is 0 Å². The van der Waals surface area contributed by atoms with E-state index in [-0.39, 0.29) is 13.0 Å². The van der Waals surface area contributed by atoms with Gasteiger partial charge in [0.1, 0.15) is 6.61 Å². The summed E-state index contributed by atoms with van der Waals surface area (Å²) >= 11 is 0. The van der Waals surface area contributed by atoms with E-state index in [4.69, 9.17) is 14.2 Å². The minimum absolute atomic E-state index is 0.0309. The van der Waals surface area contributed by atoms with Gasteiger partial charge in [-0.3, -0.25) is 4.79 Å². The Hall–Kier alpha value is -0.650. The van der Waals surface area contributed by atoms with E-state index in [2.05, 4.69) is 0 Å². The molecule has 1 unspecified atom stereocenters. The molecule has 0 fully saturated rings. The fourth-order valence-electron chi connectivity index (χ4n) is 0.687. The number of esters is 1. The highest BCUT2D eigenvalue weighted by Gasteiger charge is 2.09. The first-order valence-electron chi connectivity index (χ1n) is 4.12. The van der Waals surface area contributed by atoms with Crippen molar-refractivity contribution in [3.05, 3.63) is 0 Å². The molecule has 0 aromatic rings. The summed E-state index contributed by atoms with van der Waals surface area (Å²) in [4.78, 5) is 10.7. The molecule has 0 saturated carbocycles. The van der Waals surface area contributed by atoms with Crippen LogP contribution in [0.5, 0.6) is 0 Å². The van der Waals surface area contributed by atoms with Crippen LogP contribution in [0.2, 0.25) is 0 Å². The molecular weight excluding hydrogens is 176 g/mol. The third kappa shape index (κ3) is 6.51. The van der Waals surface area contributed by atoms with Gasteiger partial charge in [-0.15, -0.1) is 0 Å². The zero-order valence-electron chi connectivity index (χ0n) is 7.95. The van der Waals surface area contributed by atoms with Crippen molar-refractivity contribution in [1.82, 2.24) is 0 Å². The third-order valence-electron chi connectivity index (χ3n) is 1.30. The molecule has 0 heterocycles. The fourth-order valence-corrected chi connectivity index (χ4v) is 0.687. The molecule has 0 aromatic carbocycles. The first-order valence-corrected chi connectivity index (χ1v) is 4.12. The first kappa shape index (κ1) is 12.3. The second-order valence-electron chi connectivity index (χ2n) is 2.26. The van der Waals surface area contributed by atoms with Crippen LogP contribution in [0, 0.1) is 0 Å². The lowest BCUT2D eigenvalue weighted by Gasteiger charge is -2.14. The van der Waals surface area contributed by atoms with Crippen molar-refractivity contribution in [3.63, 3.8) is 0 Å². The number of hydrogen-bond acceptors (Lipinski definition) is 4. The fraction of sp³-hybridized carbons (Fsp3) is 0.875. The van der Waals surface area contributed by atoms with Crippen LogP contribution < -0.4 is 0 Å². The molecule has 0 spiro atoms. The molecule has 0 aliphatic rings. The van der Waals surface area contributed by atoms with Crippen molar-refractivity contribution < 1.29 is 24.1 Å². The lowest BCUT2D eigenvalue weighted by molar-refractivity contribution is -0.173. The van der Waals surface area contributed by atoms with E-state index in [9.17, 15) is 9.90 Å². The average Bonchev–Trinajstić information content (AvgIpc) is 2.12. The highest BCUT2D eigenvalue weighted by atomic mass is 16.7. The van der Waals surface area contributed by atoms with Gasteiger partial charge in [-0.05, 0) is 6.92 Å². The quantitative estimate of drug-likeness (QED) is 0.430. The molecule has 1 radical (unpaired) electrons. The molecule has 0 bridgehead atoms. The highest BCUT2D eigenvalue weighted by Crippen LogP contribution is 1.95. The monoisotopic (exact) mass is 191 g/mol. The van der Waals surface area contributed by atoms with E-state index >= 15 is 0 Å². The number of methoxy groups -OCH3 is 1. The molecule has 0 aliphatic heterocycles. The van der Waals surface area contributed by atoms with E-state index in [1.54, 1.807) is 0 Å². The lowest BCUT2D eigenvalue weighted by atomic mass is 10.5. The van der Waals surface area contributed by atoms with Gasteiger partial charge in [0, 0.05) is 13.7 Å². The van der Waals surface area contributed by atoms with Gasteiger partial charge in [0.25, 0.3) is 0 Å². The van der Waals surface area contributed by atoms with Gasteiger partial charge in [-0.2, -0.15) is 0 Å². The number of carbonyl (C=O) groups excluding carboxylic acids is 1. The zero-order valence-corrected chi connectivity index (χ0v) is 7.95. The van der Waals surface area contributed by atoms with Crippen LogP contribution in [0.25, 0.3) is 0 Å². The van der Waals surface area contributed by atoms with Crippen LogP contribution in [0.3, 0.4) is 0 Å². The molecule has 0 rings (SSSR count). The molecule has 0 N–H and O–H groups in total. The number of carbonyl (C=O) groups is 1. The molecular formula is C8H15O5. The van der Waals surface area contributed by atoms with Crippen LogP contribution in [0.15, 0.2) is 0 Å². The van der Waals surface area contributed by atoms with Crippen LogP contribution in [0.4, 0.5) is 0 Å². The van der Waals surface area contributed by atoms with E-state index in [0.717, 1.165) is 0 Å². The summed E-state index contributed by atoms with van der Waals surface area (Å²) < 4.78 is 14.6. The maximum atomic E-state index is 10.7. The van der Waals surface area contributed by atoms with Crippen molar-refractivity contribution in [3.8, 4) is 0 Å². The summed E-state index contributed by atoms with van der Waals surface area (Å²) in [5.41, 5.74) is 0. The molecule has 1 atom stereocenters. The third-order valence-corrected chi connectivity index (χ3v) is 1.30. The standard InChI is InChI=1S/C8H15O5/c1-3-12-8(11-2)6-13-7(10)4-5-9/h8H,3-6H2,1-2H3. The Labute approximate surface area is 77.6 Å². The average molecular weight is 191 g/mol. The minimum atomic E-state index is -0.541. The van der Waals surface area contributed by atoms with E-state index in [1.807, 2.05) is 6.92 Å². The molecule has 5 nitrogen and oxygen atoms in total. The van der Waals surface area contributed by atoms with Crippen LogP contribution in [0.1, 0.15) is 13.3 Å². The Bertz CT molecular complexity index is 136. The van der Waals surface area contributed by atoms with Gasteiger partial charge in [0.2, 0.25) is 0 Å². The Morgan fingerprint density at radius 3 is 2.62 bits per heavy atom. The largest absolute Gasteiger partial charge is 0.460 e. The van der Waals surface area contributed by atoms with Gasteiger partial charge in [-0.1, -0.05) is 0 Å². The van der Waals surface area contributed by atoms with Gasteiger partial charge < -0.3 is 14.2 Å². The maximum absolute atomic E-state index is 10.7. The number of hydrogen-bond donors (Lipinski definition) is 0. The van der Waals surface area contributed by atoms with Crippen LogP contribution >= 0.6 is 0 Å². The SMILES string of the molecule is CCOC(COC(=O)CC[O])OC. The summed E-state index contributed by atoms with van der Waals surface area (Å²) in [7, 11) is 1.46. The predicted molar refractivity (Wildman–Crippen MR) is 43.6 cm³/mol. The zero-order chi connectivity index (χ0) is 10.1. The predicted octanol–water partition coefficient (Wildman–Crippen LogP) is 0.359. The van der Waals surface area contributed by atoms with E-state index < -0.39 is 18.9 Å². The molecule has 5 heteroatoms. The summed E-state index contributed by atoms with van der Waals surface area (Å²) in [6.45, 7) is 1.87. The molecule has 0 saturated heterocycles. The van der Waals surface area contributed by atoms with Crippen molar-refractivity contribution >= 4 is 5.97 Å². The maximum Gasteiger partial charge on any atom is 0.308 e. The van der Waals surface area contributed by atoms with Gasteiger partial charge in [0.15, 0.2) is 6.29 Å². The summed E-state index contributed by atoms with van der Waals surface area (Å²) in [6, 6.07) is 0. The highest BCUT2D eigenvalue weighted by molar-refractivity contribution is 5.69. The van der Waals surface area contributed by atoms with Gasteiger partial charge in [0.05, 0.1) is 13.0 Å². The molecule has 0 amide bonds. The van der Waals surface area contributed by atoms with Crippen LogP contribution in [-0.2, 0) is 24.1 Å². The molecule has 13 heavy (non-hydrogen) atoms. The number of ether oxygens (including phenoxy) is 3. The van der Waals surface area contributed by atoms with Crippen LogP contribution in [-0.4, -0.2) is 39.2 Å². The Balaban J connectivity index is 3.52. The van der Waals surface area contributed by atoms with E-state index in [1.165, 1.54) is 7.11 Å². The number of rotatable bonds is 7. The van der Waals surface area contributed by atoms with E-state index in [0.29, 0.717) is 6.61 Å². The minimum Gasteiger partial charge on any atom is -0.460 e. The molecule has 0 aromatic heterocycles. The topological polar surface area (TPSA) is 64.7 Å². The Kier molecular flexibility index (Phi) is 7.57. The smallest absolute Gasteiger partial charge is 0.308 e. The normalized spacial score (nSPS) is 12.5. The Morgan fingerprint density at radius 2 is 2.15 bits per heavy atom. The Morgan fingerprint density at radius 1 is 1.46 bits per heavy atom. The first-order chi connectivity index (χ1) is 6.24. The second-order valence-corrected chi connectivity index (χ2v) is 2.26. The van der Waals surface area contributed by atoms with Gasteiger partial charge in [-0.25, -0.2) is 5.11 Å². The van der Waals surface area contributed by atoms with Gasteiger partial charge >= 0.3 is 5.97 Å². The summed E-state index contributed by atoms with van der Waals surface area (Å²) in [6.07, 6.45) is -0.650. The summed E-state index contributed by atoms with van der Waals surface area (Å²) in [5, 5.41) is 10.0. The second kappa shape index (κ2) is 7.97.